The van der Waals surface area contributed by atoms with E-state index in [2.05, 4.69) is 20.9 Å². The van der Waals surface area contributed by atoms with Crippen LogP contribution in [0.25, 0.3) is 0 Å². The van der Waals surface area contributed by atoms with Crippen LogP contribution >= 0.6 is 0 Å². The minimum absolute atomic E-state index is 0.0412. The average Bonchev–Trinajstić information content (AvgIpc) is 3.20. The van der Waals surface area contributed by atoms with Gasteiger partial charge in [0.05, 0.1) is 19.0 Å². The third-order valence-corrected chi connectivity index (χ3v) is 5.71. The lowest BCUT2D eigenvalue weighted by molar-refractivity contribution is -0.118. The Balaban J connectivity index is 1.54. The predicted molar refractivity (Wildman–Crippen MR) is 120 cm³/mol. The number of amides is 1. The molecule has 0 unspecified atom stereocenters. The lowest BCUT2D eigenvalue weighted by atomic mass is 9.87. The highest BCUT2D eigenvalue weighted by atomic mass is 19.1. The molecule has 3 rings (SSSR count). The zero-order valence-electron chi connectivity index (χ0n) is 18.8. The van der Waals surface area contributed by atoms with Crippen molar-refractivity contribution in [1.82, 2.24) is 20.2 Å². The highest BCUT2D eigenvalue weighted by molar-refractivity contribution is 5.94. The number of anilines is 1. The second kappa shape index (κ2) is 12.0. The molecule has 9 heteroatoms. The van der Waals surface area contributed by atoms with Crippen molar-refractivity contribution < 1.29 is 18.3 Å². The van der Waals surface area contributed by atoms with Crippen LogP contribution in [-0.2, 0) is 28.9 Å². The number of carbonyl (C=O) groups is 1. The van der Waals surface area contributed by atoms with Crippen molar-refractivity contribution >= 4 is 11.7 Å². The van der Waals surface area contributed by atoms with Gasteiger partial charge in [-0.1, -0.05) is 13.3 Å². The van der Waals surface area contributed by atoms with E-state index in [0.29, 0.717) is 37.3 Å². The zero-order valence-corrected chi connectivity index (χ0v) is 18.8. The number of aryl methyl sites for hydroxylation is 1. The number of imidazole rings is 1. The first-order valence-electron chi connectivity index (χ1n) is 11.2. The second-order valence-electron chi connectivity index (χ2n) is 8.20. The molecule has 0 fully saturated rings. The van der Waals surface area contributed by atoms with Gasteiger partial charge in [-0.3, -0.25) is 4.79 Å². The van der Waals surface area contributed by atoms with E-state index in [0.717, 1.165) is 44.1 Å². The fourth-order valence-electron chi connectivity index (χ4n) is 4.06. The van der Waals surface area contributed by atoms with E-state index < -0.39 is 17.7 Å². The molecule has 1 amide bonds. The van der Waals surface area contributed by atoms with Crippen molar-refractivity contribution in [2.45, 2.75) is 57.7 Å². The minimum Gasteiger partial charge on any atom is -0.383 e. The Labute approximate surface area is 187 Å². The Hall–Kier alpha value is -2.36. The van der Waals surface area contributed by atoms with Crippen LogP contribution in [0, 0.1) is 11.6 Å². The van der Waals surface area contributed by atoms with Crippen LogP contribution in [0.1, 0.15) is 37.3 Å². The third-order valence-electron chi connectivity index (χ3n) is 5.71. The first-order valence-corrected chi connectivity index (χ1v) is 11.2. The quantitative estimate of drug-likeness (QED) is 0.434. The number of halogens is 2. The molecule has 1 aliphatic carbocycles. The number of rotatable bonds is 12. The Kier molecular flexibility index (Phi) is 9.13. The van der Waals surface area contributed by atoms with Gasteiger partial charge in [-0.2, -0.15) is 0 Å². The van der Waals surface area contributed by atoms with Crippen LogP contribution in [0.15, 0.2) is 24.7 Å². The Bertz CT molecular complexity index is 889. The Morgan fingerprint density at radius 1 is 1.34 bits per heavy atom. The molecule has 0 saturated heterocycles. The summed E-state index contributed by atoms with van der Waals surface area (Å²) in [6, 6.07) is 1.89. The number of methoxy groups -OCH3 is 1. The maximum absolute atomic E-state index is 14.2. The number of carbonyl (C=O) groups excluding carboxylic acids is 1. The summed E-state index contributed by atoms with van der Waals surface area (Å²) < 4.78 is 34.6. The maximum Gasteiger partial charge on any atom is 0.242 e. The molecule has 176 valence electrons. The van der Waals surface area contributed by atoms with Crippen molar-refractivity contribution in [3.8, 4) is 0 Å². The summed E-state index contributed by atoms with van der Waals surface area (Å²) in [5, 5.41) is 9.54. The van der Waals surface area contributed by atoms with Crippen LogP contribution < -0.4 is 16.0 Å². The van der Waals surface area contributed by atoms with Gasteiger partial charge in [-0.25, -0.2) is 13.8 Å². The van der Waals surface area contributed by atoms with E-state index >= 15 is 0 Å². The number of ether oxygens (including phenoxy) is 1. The number of fused-ring (bicyclic) bond motifs is 1. The summed E-state index contributed by atoms with van der Waals surface area (Å²) >= 11 is 0. The molecule has 0 saturated carbocycles. The molecule has 1 aromatic heterocycles. The smallest absolute Gasteiger partial charge is 0.242 e. The van der Waals surface area contributed by atoms with Gasteiger partial charge in [0.25, 0.3) is 0 Å². The van der Waals surface area contributed by atoms with Gasteiger partial charge >= 0.3 is 0 Å². The molecule has 1 heterocycles. The van der Waals surface area contributed by atoms with Gasteiger partial charge in [0.2, 0.25) is 5.91 Å². The molecule has 0 spiro atoms. The number of benzene rings is 1. The monoisotopic (exact) mass is 449 g/mol. The van der Waals surface area contributed by atoms with Crippen molar-refractivity contribution in [1.29, 1.82) is 0 Å². The molecule has 7 nitrogen and oxygen atoms in total. The normalized spacial score (nSPS) is 16.6. The number of aromatic nitrogens is 2. The Morgan fingerprint density at radius 2 is 2.19 bits per heavy atom. The van der Waals surface area contributed by atoms with Crippen LogP contribution in [0.2, 0.25) is 0 Å². The first-order chi connectivity index (χ1) is 15.5. The molecular weight excluding hydrogens is 416 g/mol. The van der Waals surface area contributed by atoms with Crippen molar-refractivity contribution in [3.05, 3.63) is 47.4 Å². The maximum atomic E-state index is 14.2. The van der Waals surface area contributed by atoms with Crippen LogP contribution in [0.5, 0.6) is 0 Å². The third kappa shape index (κ3) is 6.82. The molecule has 1 aromatic carbocycles. The predicted octanol–water partition coefficient (Wildman–Crippen LogP) is 2.65. The summed E-state index contributed by atoms with van der Waals surface area (Å²) in [5.74, 6) is -0.697. The fraction of sp³-hybridized carbons (Fsp3) is 0.565. The number of nitrogens with one attached hydrogen (secondary N) is 3. The van der Waals surface area contributed by atoms with E-state index in [1.54, 1.807) is 19.6 Å². The highest BCUT2D eigenvalue weighted by Crippen LogP contribution is 2.25. The van der Waals surface area contributed by atoms with E-state index in [4.69, 9.17) is 4.74 Å². The molecule has 32 heavy (non-hydrogen) atoms. The summed E-state index contributed by atoms with van der Waals surface area (Å²) in [6.45, 7) is 4.97. The van der Waals surface area contributed by atoms with E-state index in [1.807, 2.05) is 11.5 Å². The van der Waals surface area contributed by atoms with Crippen molar-refractivity contribution in [2.24, 2.45) is 0 Å². The molecule has 2 atom stereocenters. The first kappa shape index (κ1) is 24.3. The average molecular weight is 450 g/mol. The SMILES string of the molecule is CCC[C@H](N[C@H]1CCc2cc(F)cc(F)c2C1)C(=O)Nc1cn(CCNCCOC)cn1. The molecule has 0 radical (unpaired) electrons. The summed E-state index contributed by atoms with van der Waals surface area (Å²) in [4.78, 5) is 17.2. The van der Waals surface area contributed by atoms with Gasteiger partial charge < -0.3 is 25.3 Å². The summed E-state index contributed by atoms with van der Waals surface area (Å²) in [7, 11) is 1.67. The topological polar surface area (TPSA) is 80.2 Å². The van der Waals surface area contributed by atoms with Crippen LogP contribution in [0.4, 0.5) is 14.6 Å². The van der Waals surface area contributed by atoms with E-state index in [1.165, 1.54) is 6.07 Å². The lowest BCUT2D eigenvalue weighted by Gasteiger charge is -2.29. The number of nitrogens with zero attached hydrogens (tertiary/aromatic N) is 2. The lowest BCUT2D eigenvalue weighted by Crippen LogP contribution is -2.48. The second-order valence-corrected chi connectivity index (χ2v) is 8.20. The Morgan fingerprint density at radius 3 is 2.97 bits per heavy atom. The number of hydrogen-bond donors (Lipinski definition) is 3. The molecule has 2 aromatic rings. The summed E-state index contributed by atoms with van der Waals surface area (Å²) in [6.07, 6.45) is 6.75. The molecule has 1 aliphatic rings. The van der Waals surface area contributed by atoms with E-state index in [-0.39, 0.29) is 11.9 Å². The van der Waals surface area contributed by atoms with Gasteiger partial charge in [-0.05, 0) is 42.9 Å². The highest BCUT2D eigenvalue weighted by Gasteiger charge is 2.27. The molecule has 3 N–H and O–H groups in total. The largest absolute Gasteiger partial charge is 0.383 e. The van der Waals surface area contributed by atoms with Gasteiger partial charge in [0.1, 0.15) is 11.6 Å². The van der Waals surface area contributed by atoms with Gasteiger partial charge in [-0.15, -0.1) is 0 Å². The molecule has 0 bridgehead atoms. The minimum atomic E-state index is -0.541. The van der Waals surface area contributed by atoms with Crippen LogP contribution in [0.3, 0.4) is 0 Å². The van der Waals surface area contributed by atoms with Crippen molar-refractivity contribution in [3.63, 3.8) is 0 Å². The standard InChI is InChI=1S/C23H33F2N5O2/c1-3-4-21(28-18-6-5-16-11-17(24)12-20(25)19(16)13-18)23(31)29-22-14-30(15-27-22)9-7-26-8-10-32-2/h11-12,14-15,18,21,26,28H,3-10,13H2,1-2H3,(H,29,31)/t18-,21-/m0/s1. The molecule has 0 aliphatic heterocycles. The molecular formula is C23H33F2N5O2. The fourth-order valence-corrected chi connectivity index (χ4v) is 4.06. The van der Waals surface area contributed by atoms with Crippen LogP contribution in [-0.4, -0.2) is 54.3 Å². The zero-order chi connectivity index (χ0) is 22.9. The number of hydrogen-bond acceptors (Lipinski definition) is 5. The van der Waals surface area contributed by atoms with Gasteiger partial charge in [0.15, 0.2) is 5.82 Å². The van der Waals surface area contributed by atoms with Gasteiger partial charge in [0, 0.05) is 45.0 Å². The summed E-state index contributed by atoms with van der Waals surface area (Å²) in [5.41, 5.74) is 1.27. The van der Waals surface area contributed by atoms with E-state index in [9.17, 15) is 13.6 Å². The van der Waals surface area contributed by atoms with Crippen molar-refractivity contribution in [2.75, 3.05) is 32.1 Å².